The molecule has 0 radical (unpaired) electrons. The van der Waals surface area contributed by atoms with E-state index >= 15 is 0 Å². The number of halogens is 1. The van der Waals surface area contributed by atoms with Gasteiger partial charge in [0.15, 0.2) is 0 Å². The van der Waals surface area contributed by atoms with Gasteiger partial charge >= 0.3 is 0 Å². The number of hydrogen-bond donors (Lipinski definition) is 1. The van der Waals surface area contributed by atoms with Crippen molar-refractivity contribution in [2.24, 2.45) is 0 Å². The number of aliphatic hydroxyl groups excluding tert-OH is 1. The molecule has 2 aromatic rings. The molecule has 0 aliphatic heterocycles. The van der Waals surface area contributed by atoms with E-state index in [1.165, 1.54) is 0 Å². The highest BCUT2D eigenvalue weighted by atomic mass is 35.5. The Morgan fingerprint density at radius 1 is 1.47 bits per heavy atom. The first kappa shape index (κ1) is 10.2. The summed E-state index contributed by atoms with van der Waals surface area (Å²) in [6.45, 7) is 1.81. The first-order valence-corrected chi connectivity index (χ1v) is 4.92. The van der Waals surface area contributed by atoms with Crippen molar-refractivity contribution >= 4 is 11.6 Å². The minimum Gasteiger partial charge on any atom is -0.391 e. The van der Waals surface area contributed by atoms with E-state index in [4.69, 9.17) is 21.2 Å². The molecule has 0 bridgehead atoms. The van der Waals surface area contributed by atoms with Crippen LogP contribution in [0.15, 0.2) is 28.8 Å². The average molecular weight is 224 g/mol. The Hall–Kier alpha value is -1.32. The summed E-state index contributed by atoms with van der Waals surface area (Å²) in [4.78, 5) is 0. The molecule has 2 rings (SSSR count). The number of rotatable bonds is 2. The molecule has 1 heterocycles. The van der Waals surface area contributed by atoms with Gasteiger partial charge in [-0.2, -0.15) is 0 Å². The molecule has 0 unspecified atom stereocenters. The molecule has 1 N–H and O–H groups in total. The zero-order valence-corrected chi connectivity index (χ0v) is 8.95. The first-order valence-electron chi connectivity index (χ1n) is 4.54. The Labute approximate surface area is 92.3 Å². The summed E-state index contributed by atoms with van der Waals surface area (Å²) in [5.74, 6) is 0. The summed E-state index contributed by atoms with van der Waals surface area (Å²) >= 11 is 5.75. The van der Waals surface area contributed by atoms with Crippen LogP contribution in [-0.2, 0) is 6.61 Å². The molecule has 0 aliphatic carbocycles. The Morgan fingerprint density at radius 2 is 2.27 bits per heavy atom. The van der Waals surface area contributed by atoms with Crippen LogP contribution in [0.3, 0.4) is 0 Å². The second-order valence-electron chi connectivity index (χ2n) is 3.31. The molecule has 0 spiro atoms. The molecule has 0 amide bonds. The lowest BCUT2D eigenvalue weighted by atomic mass is 10.1. The Kier molecular flexibility index (Phi) is 2.75. The zero-order valence-electron chi connectivity index (χ0n) is 8.20. The number of hydrogen-bond acceptors (Lipinski definition) is 3. The van der Waals surface area contributed by atoms with E-state index in [1.54, 1.807) is 0 Å². The van der Waals surface area contributed by atoms with Crippen LogP contribution in [0.5, 0.6) is 0 Å². The van der Waals surface area contributed by atoms with Crippen LogP contribution in [0.25, 0.3) is 11.3 Å². The lowest BCUT2D eigenvalue weighted by molar-refractivity contribution is 0.281. The minimum absolute atomic E-state index is 0.147. The number of aryl methyl sites for hydroxylation is 1. The second-order valence-corrected chi connectivity index (χ2v) is 3.65. The highest BCUT2D eigenvalue weighted by Crippen LogP contribution is 2.28. The Morgan fingerprint density at radius 3 is 2.93 bits per heavy atom. The summed E-state index contributed by atoms with van der Waals surface area (Å²) in [5.41, 5.74) is 3.15. The fourth-order valence-electron chi connectivity index (χ4n) is 1.45. The van der Waals surface area contributed by atoms with Gasteiger partial charge in [0.25, 0.3) is 0 Å². The molecule has 3 nitrogen and oxygen atoms in total. The molecule has 0 fully saturated rings. The van der Waals surface area contributed by atoms with Gasteiger partial charge in [-0.1, -0.05) is 28.9 Å². The normalized spacial score (nSPS) is 10.6. The summed E-state index contributed by atoms with van der Waals surface area (Å²) in [7, 11) is 0. The van der Waals surface area contributed by atoms with Crippen molar-refractivity contribution < 1.29 is 9.63 Å². The van der Waals surface area contributed by atoms with Crippen molar-refractivity contribution in [3.05, 3.63) is 40.6 Å². The van der Waals surface area contributed by atoms with Crippen LogP contribution >= 0.6 is 11.6 Å². The number of aromatic nitrogens is 1. The molecule has 1 aromatic heterocycles. The van der Waals surface area contributed by atoms with E-state index in [1.807, 2.05) is 31.2 Å². The van der Waals surface area contributed by atoms with E-state index in [9.17, 15) is 0 Å². The number of nitrogens with zero attached hydrogens (tertiary/aromatic N) is 1. The Balaban J connectivity index is 2.54. The highest BCUT2D eigenvalue weighted by Gasteiger charge is 2.14. The molecule has 78 valence electrons. The van der Waals surface area contributed by atoms with Crippen LogP contribution in [0.1, 0.15) is 11.1 Å². The maximum absolute atomic E-state index is 9.13. The van der Waals surface area contributed by atoms with E-state index in [-0.39, 0.29) is 11.8 Å². The van der Waals surface area contributed by atoms with Crippen molar-refractivity contribution in [2.75, 3.05) is 0 Å². The highest BCUT2D eigenvalue weighted by molar-refractivity contribution is 6.29. The molecular formula is C11H10ClNO2. The number of aliphatic hydroxyl groups is 1. The summed E-state index contributed by atoms with van der Waals surface area (Å²) in [6.07, 6.45) is 0. The molecule has 1 aromatic carbocycles. The van der Waals surface area contributed by atoms with E-state index in [2.05, 4.69) is 5.16 Å². The molecule has 0 saturated heterocycles. The molecule has 0 atom stereocenters. The summed E-state index contributed by atoms with van der Waals surface area (Å²) < 4.78 is 4.84. The lowest BCUT2D eigenvalue weighted by Crippen LogP contribution is -1.87. The maximum Gasteiger partial charge on any atom is 0.232 e. The Bertz CT molecular complexity index is 479. The molecule has 15 heavy (non-hydrogen) atoms. The summed E-state index contributed by atoms with van der Waals surface area (Å²) in [5, 5.41) is 13.1. The van der Waals surface area contributed by atoms with Crippen molar-refractivity contribution in [1.82, 2.24) is 5.16 Å². The average Bonchev–Trinajstić information content (AvgIpc) is 2.59. The third-order valence-electron chi connectivity index (χ3n) is 2.19. The van der Waals surface area contributed by atoms with Gasteiger partial charge in [0.1, 0.15) is 5.69 Å². The number of benzene rings is 1. The van der Waals surface area contributed by atoms with Crippen LogP contribution in [-0.4, -0.2) is 10.3 Å². The van der Waals surface area contributed by atoms with Crippen molar-refractivity contribution in [3.8, 4) is 11.3 Å². The SMILES string of the molecule is Cc1cccc(-c2noc(Cl)c2CO)c1. The molecule has 0 saturated carbocycles. The predicted octanol–water partition coefficient (Wildman–Crippen LogP) is 2.80. The predicted molar refractivity (Wildman–Crippen MR) is 57.6 cm³/mol. The lowest BCUT2D eigenvalue weighted by Gasteiger charge is -1.99. The van der Waals surface area contributed by atoms with Gasteiger partial charge in [0, 0.05) is 5.56 Å². The van der Waals surface area contributed by atoms with Gasteiger partial charge < -0.3 is 9.63 Å². The zero-order chi connectivity index (χ0) is 10.8. The van der Waals surface area contributed by atoms with Gasteiger partial charge in [-0.25, -0.2) is 0 Å². The second kappa shape index (κ2) is 4.04. The van der Waals surface area contributed by atoms with Gasteiger partial charge in [0.05, 0.1) is 12.2 Å². The van der Waals surface area contributed by atoms with E-state index in [0.717, 1.165) is 11.1 Å². The van der Waals surface area contributed by atoms with Gasteiger partial charge in [-0.3, -0.25) is 0 Å². The van der Waals surface area contributed by atoms with Crippen LogP contribution in [0.2, 0.25) is 5.22 Å². The quantitative estimate of drug-likeness (QED) is 0.852. The van der Waals surface area contributed by atoms with E-state index < -0.39 is 0 Å². The largest absolute Gasteiger partial charge is 0.391 e. The van der Waals surface area contributed by atoms with Crippen molar-refractivity contribution in [2.45, 2.75) is 13.5 Å². The fourth-order valence-corrected chi connectivity index (χ4v) is 1.63. The van der Waals surface area contributed by atoms with E-state index in [0.29, 0.717) is 11.3 Å². The summed E-state index contributed by atoms with van der Waals surface area (Å²) in [6, 6.07) is 7.78. The standard InChI is InChI=1S/C11H10ClNO2/c1-7-3-2-4-8(5-7)10-9(6-14)11(12)15-13-10/h2-5,14H,6H2,1H3. The van der Waals surface area contributed by atoms with Gasteiger partial charge in [-0.15, -0.1) is 0 Å². The molecular weight excluding hydrogens is 214 g/mol. The van der Waals surface area contributed by atoms with Gasteiger partial charge in [-0.05, 0) is 24.6 Å². The van der Waals surface area contributed by atoms with Gasteiger partial charge in [0.2, 0.25) is 5.22 Å². The van der Waals surface area contributed by atoms with Crippen LogP contribution in [0.4, 0.5) is 0 Å². The molecule has 4 heteroatoms. The topological polar surface area (TPSA) is 46.3 Å². The van der Waals surface area contributed by atoms with Crippen molar-refractivity contribution in [1.29, 1.82) is 0 Å². The van der Waals surface area contributed by atoms with Crippen LogP contribution in [0, 0.1) is 6.92 Å². The third kappa shape index (κ3) is 1.89. The smallest absolute Gasteiger partial charge is 0.232 e. The van der Waals surface area contributed by atoms with Crippen molar-refractivity contribution in [3.63, 3.8) is 0 Å². The first-order chi connectivity index (χ1) is 7.22. The maximum atomic E-state index is 9.13. The minimum atomic E-state index is -0.175. The fraction of sp³-hybridized carbons (Fsp3) is 0.182. The third-order valence-corrected chi connectivity index (χ3v) is 2.49. The molecule has 0 aliphatic rings. The monoisotopic (exact) mass is 223 g/mol. The van der Waals surface area contributed by atoms with Crippen LogP contribution < -0.4 is 0 Å².